The zero-order valence-corrected chi connectivity index (χ0v) is 13.1. The summed E-state index contributed by atoms with van der Waals surface area (Å²) in [7, 11) is 1.69. The number of hydrogen-bond donors (Lipinski definition) is 1. The van der Waals surface area contributed by atoms with Crippen LogP contribution in [0.1, 0.15) is 30.5 Å². The minimum atomic E-state index is -0.183. The van der Waals surface area contributed by atoms with E-state index in [-0.39, 0.29) is 10.2 Å². The molecular formula is C14H20BrNO2. The van der Waals surface area contributed by atoms with Gasteiger partial charge in [-0.2, -0.15) is 0 Å². The molecule has 0 spiro atoms. The van der Waals surface area contributed by atoms with Gasteiger partial charge < -0.3 is 10.1 Å². The summed E-state index contributed by atoms with van der Waals surface area (Å²) in [5.74, 6) is 0.930. The molecule has 0 aliphatic carbocycles. The van der Waals surface area contributed by atoms with Crippen molar-refractivity contribution in [2.75, 3.05) is 13.7 Å². The van der Waals surface area contributed by atoms with Crippen LogP contribution in [-0.2, 0) is 5.41 Å². The number of halogens is 1. The highest BCUT2D eigenvalue weighted by Crippen LogP contribution is 2.30. The summed E-state index contributed by atoms with van der Waals surface area (Å²) in [4.78, 5) is 10.8. The third-order valence-corrected chi connectivity index (χ3v) is 3.40. The zero-order valence-electron chi connectivity index (χ0n) is 11.6. The summed E-state index contributed by atoms with van der Waals surface area (Å²) in [6.07, 6.45) is 0. The largest absolute Gasteiger partial charge is 0.496 e. The molecule has 0 saturated carbocycles. The number of aryl methyl sites for hydroxylation is 2. The van der Waals surface area contributed by atoms with Crippen molar-refractivity contribution < 1.29 is 9.53 Å². The SMILES string of the molecule is COc1c(C)cc(C(C)(C)CNC(=O)Br)cc1C. The van der Waals surface area contributed by atoms with Crippen molar-refractivity contribution >= 4 is 20.7 Å². The number of benzene rings is 1. The lowest BCUT2D eigenvalue weighted by molar-refractivity contribution is 0.259. The molecule has 0 radical (unpaired) electrons. The van der Waals surface area contributed by atoms with Crippen molar-refractivity contribution in [2.45, 2.75) is 33.1 Å². The molecule has 4 heteroatoms. The second kappa shape index (κ2) is 5.74. The average molecular weight is 314 g/mol. The van der Waals surface area contributed by atoms with E-state index in [0.29, 0.717) is 6.54 Å². The van der Waals surface area contributed by atoms with E-state index in [0.717, 1.165) is 16.9 Å². The topological polar surface area (TPSA) is 38.3 Å². The number of methoxy groups -OCH3 is 1. The monoisotopic (exact) mass is 313 g/mol. The van der Waals surface area contributed by atoms with Crippen molar-refractivity contribution in [1.82, 2.24) is 5.32 Å². The molecule has 3 nitrogen and oxygen atoms in total. The van der Waals surface area contributed by atoms with Crippen LogP contribution >= 0.6 is 15.9 Å². The van der Waals surface area contributed by atoms with Gasteiger partial charge in [-0.3, -0.25) is 4.79 Å². The van der Waals surface area contributed by atoms with Crippen molar-refractivity contribution in [3.05, 3.63) is 28.8 Å². The molecule has 0 bridgehead atoms. The second-order valence-corrected chi connectivity index (χ2v) is 5.87. The van der Waals surface area contributed by atoms with Crippen LogP contribution in [0.5, 0.6) is 5.75 Å². The number of nitrogens with one attached hydrogen (secondary N) is 1. The van der Waals surface area contributed by atoms with E-state index in [9.17, 15) is 4.79 Å². The van der Waals surface area contributed by atoms with Crippen LogP contribution in [0.4, 0.5) is 4.79 Å². The zero-order chi connectivity index (χ0) is 13.9. The minimum absolute atomic E-state index is 0.120. The highest BCUT2D eigenvalue weighted by Gasteiger charge is 2.22. The van der Waals surface area contributed by atoms with Crippen LogP contribution in [0, 0.1) is 13.8 Å². The number of ether oxygens (including phenoxy) is 1. The molecule has 100 valence electrons. The van der Waals surface area contributed by atoms with Gasteiger partial charge in [0, 0.05) is 27.9 Å². The lowest BCUT2D eigenvalue weighted by Gasteiger charge is -2.26. The number of carbonyl (C=O) groups excluding carboxylic acids is 1. The summed E-state index contributed by atoms with van der Waals surface area (Å²) in [6, 6.07) is 4.23. The Hall–Kier alpha value is -1.03. The maximum Gasteiger partial charge on any atom is 0.287 e. The Morgan fingerprint density at radius 3 is 2.22 bits per heavy atom. The molecule has 1 amide bonds. The number of amides is 1. The predicted molar refractivity (Wildman–Crippen MR) is 77.8 cm³/mol. The van der Waals surface area contributed by atoms with E-state index in [4.69, 9.17) is 4.74 Å². The highest BCUT2D eigenvalue weighted by atomic mass is 79.9. The molecule has 0 heterocycles. The quantitative estimate of drug-likeness (QED) is 0.680. The van der Waals surface area contributed by atoms with Crippen molar-refractivity contribution in [3.8, 4) is 5.75 Å². The Bertz CT molecular complexity index is 432. The first kappa shape index (κ1) is 15.0. The van der Waals surface area contributed by atoms with Crippen LogP contribution in [0.25, 0.3) is 0 Å². The van der Waals surface area contributed by atoms with Gasteiger partial charge in [-0.25, -0.2) is 0 Å². The predicted octanol–water partition coefficient (Wildman–Crippen LogP) is 3.69. The fourth-order valence-electron chi connectivity index (χ4n) is 2.06. The van der Waals surface area contributed by atoms with Gasteiger partial charge >= 0.3 is 0 Å². The molecule has 0 aliphatic rings. The van der Waals surface area contributed by atoms with Crippen LogP contribution in [-0.4, -0.2) is 18.5 Å². The summed E-state index contributed by atoms with van der Waals surface area (Å²) >= 11 is 2.88. The van der Waals surface area contributed by atoms with Gasteiger partial charge in [0.25, 0.3) is 4.82 Å². The van der Waals surface area contributed by atoms with E-state index in [1.54, 1.807) is 7.11 Å². The molecule has 0 atom stereocenters. The first-order valence-corrected chi connectivity index (χ1v) is 6.66. The first-order chi connectivity index (χ1) is 8.27. The summed E-state index contributed by atoms with van der Waals surface area (Å²) in [6.45, 7) is 8.87. The summed E-state index contributed by atoms with van der Waals surface area (Å²) in [5, 5.41) is 2.80. The third-order valence-electron chi connectivity index (χ3n) is 3.12. The van der Waals surface area contributed by atoms with Gasteiger partial charge in [0.1, 0.15) is 5.75 Å². The molecule has 0 unspecified atom stereocenters. The van der Waals surface area contributed by atoms with Crippen LogP contribution in [0.3, 0.4) is 0 Å². The molecule has 1 N–H and O–H groups in total. The maximum atomic E-state index is 10.9. The fraction of sp³-hybridized carbons (Fsp3) is 0.500. The average Bonchev–Trinajstić information content (AvgIpc) is 2.26. The Morgan fingerprint density at radius 2 is 1.83 bits per heavy atom. The smallest absolute Gasteiger partial charge is 0.287 e. The second-order valence-electron chi connectivity index (χ2n) is 5.15. The number of hydrogen-bond acceptors (Lipinski definition) is 2. The molecule has 1 rings (SSSR count). The van der Waals surface area contributed by atoms with Gasteiger partial charge in [0.05, 0.1) is 7.11 Å². The molecule has 1 aromatic carbocycles. The lowest BCUT2D eigenvalue weighted by Crippen LogP contribution is -2.34. The van der Waals surface area contributed by atoms with Gasteiger partial charge in [-0.1, -0.05) is 26.0 Å². The third kappa shape index (κ3) is 3.48. The number of carbonyl (C=O) groups is 1. The Morgan fingerprint density at radius 1 is 1.33 bits per heavy atom. The van der Waals surface area contributed by atoms with E-state index >= 15 is 0 Å². The molecule has 0 saturated heterocycles. The molecule has 0 aliphatic heterocycles. The molecule has 0 aromatic heterocycles. The van der Waals surface area contributed by atoms with Gasteiger partial charge in [-0.15, -0.1) is 0 Å². The van der Waals surface area contributed by atoms with Crippen molar-refractivity contribution in [2.24, 2.45) is 0 Å². The van der Waals surface area contributed by atoms with Gasteiger partial charge in [-0.05, 0) is 30.5 Å². The van der Waals surface area contributed by atoms with Crippen LogP contribution in [0.2, 0.25) is 0 Å². The Balaban J connectivity index is 3.05. The Labute approximate surface area is 117 Å². The fourth-order valence-corrected chi connectivity index (χ4v) is 2.20. The van der Waals surface area contributed by atoms with E-state index in [1.807, 2.05) is 13.8 Å². The van der Waals surface area contributed by atoms with Crippen molar-refractivity contribution in [3.63, 3.8) is 0 Å². The van der Waals surface area contributed by atoms with Gasteiger partial charge in [0.15, 0.2) is 0 Å². The van der Waals surface area contributed by atoms with Crippen LogP contribution in [0.15, 0.2) is 12.1 Å². The molecular weight excluding hydrogens is 294 g/mol. The first-order valence-electron chi connectivity index (χ1n) is 5.87. The normalized spacial score (nSPS) is 11.2. The minimum Gasteiger partial charge on any atom is -0.496 e. The van der Waals surface area contributed by atoms with Gasteiger partial charge in [0.2, 0.25) is 0 Å². The summed E-state index contributed by atoms with van der Waals surface area (Å²) in [5.41, 5.74) is 3.31. The standard InChI is InChI=1S/C14H20BrNO2/c1-9-6-11(7-10(2)12(9)18-5)14(3,4)8-16-13(15)17/h6-7H,8H2,1-5H3,(H,16,17). The molecule has 1 aromatic rings. The molecule has 18 heavy (non-hydrogen) atoms. The Kier molecular flexibility index (Phi) is 4.79. The maximum absolute atomic E-state index is 10.9. The van der Waals surface area contributed by atoms with E-state index in [2.05, 4.69) is 47.2 Å². The number of rotatable bonds is 4. The molecule has 0 fully saturated rings. The van der Waals surface area contributed by atoms with Crippen molar-refractivity contribution in [1.29, 1.82) is 0 Å². The van der Waals surface area contributed by atoms with E-state index in [1.165, 1.54) is 5.56 Å². The lowest BCUT2D eigenvalue weighted by atomic mass is 9.83. The van der Waals surface area contributed by atoms with E-state index < -0.39 is 0 Å². The highest BCUT2D eigenvalue weighted by molar-refractivity contribution is 9.18. The van der Waals surface area contributed by atoms with Crippen LogP contribution < -0.4 is 10.1 Å². The summed E-state index contributed by atoms with van der Waals surface area (Å²) < 4.78 is 5.36.